The van der Waals surface area contributed by atoms with Gasteiger partial charge in [-0.1, -0.05) is 35.5 Å². The number of aromatic nitrogens is 1. The molecule has 5 rings (SSSR count). The minimum Gasteiger partial charge on any atom is -0.439 e. The number of cyclic esters (lactones) is 1. The first-order chi connectivity index (χ1) is 14.1. The van der Waals surface area contributed by atoms with E-state index in [0.717, 1.165) is 15.8 Å². The predicted octanol–water partition coefficient (Wildman–Crippen LogP) is 2.69. The Kier molecular flexibility index (Phi) is 4.04. The maximum atomic E-state index is 13.0. The van der Waals surface area contributed by atoms with Gasteiger partial charge in [0, 0.05) is 24.2 Å². The molecule has 0 spiro atoms. The number of hydrogen-bond acceptors (Lipinski definition) is 6. The number of carbonyl (C=O) groups is 3. The monoisotopic (exact) mass is 391 g/mol. The van der Waals surface area contributed by atoms with Gasteiger partial charge in [0.05, 0.1) is 11.4 Å². The maximum Gasteiger partial charge on any atom is 0.417 e. The molecule has 8 nitrogen and oxygen atoms in total. The highest BCUT2D eigenvalue weighted by atomic mass is 16.6. The lowest BCUT2D eigenvalue weighted by Gasteiger charge is -2.20. The van der Waals surface area contributed by atoms with E-state index in [0.29, 0.717) is 36.4 Å². The van der Waals surface area contributed by atoms with E-state index in [4.69, 9.17) is 9.26 Å². The molecule has 0 radical (unpaired) electrons. The summed E-state index contributed by atoms with van der Waals surface area (Å²) in [5.74, 6) is 0.0993. The number of rotatable bonds is 3. The van der Waals surface area contributed by atoms with Crippen molar-refractivity contribution in [2.75, 3.05) is 19.7 Å². The lowest BCUT2D eigenvalue weighted by atomic mass is 10.1. The van der Waals surface area contributed by atoms with E-state index in [1.54, 1.807) is 23.1 Å². The summed E-state index contributed by atoms with van der Waals surface area (Å²) in [6.07, 6.45) is -0.0927. The SMILES string of the molecule is O=C(c1ccc2noc(-c3ccccc3)c2c1)N1CC[C@H](N2C(=O)COC2=O)C1. The molecule has 8 heteroatoms. The minimum atomic E-state index is -0.632. The fourth-order valence-corrected chi connectivity index (χ4v) is 3.91. The zero-order chi connectivity index (χ0) is 20.0. The second-order valence-corrected chi connectivity index (χ2v) is 7.12. The Morgan fingerprint density at radius 1 is 1.10 bits per heavy atom. The van der Waals surface area contributed by atoms with E-state index in [2.05, 4.69) is 5.16 Å². The summed E-state index contributed by atoms with van der Waals surface area (Å²) >= 11 is 0. The molecular weight excluding hydrogens is 374 g/mol. The van der Waals surface area contributed by atoms with Crippen LogP contribution in [0.1, 0.15) is 16.8 Å². The molecule has 3 aromatic rings. The van der Waals surface area contributed by atoms with Crippen LogP contribution in [0.15, 0.2) is 53.1 Å². The molecular formula is C21H17N3O5. The minimum absolute atomic E-state index is 0.158. The second kappa shape index (κ2) is 6.73. The van der Waals surface area contributed by atoms with Crippen molar-refractivity contribution >= 4 is 28.8 Å². The fourth-order valence-electron chi connectivity index (χ4n) is 3.91. The molecule has 3 amide bonds. The van der Waals surface area contributed by atoms with E-state index in [1.807, 2.05) is 30.3 Å². The van der Waals surface area contributed by atoms with E-state index in [9.17, 15) is 14.4 Å². The molecule has 0 saturated carbocycles. The average Bonchev–Trinajstić information content (AvgIpc) is 3.46. The first-order valence-electron chi connectivity index (χ1n) is 9.35. The molecule has 2 saturated heterocycles. The normalized spacial score (nSPS) is 19.2. The van der Waals surface area contributed by atoms with Gasteiger partial charge in [0.25, 0.3) is 11.8 Å². The third kappa shape index (κ3) is 2.93. The molecule has 0 unspecified atom stereocenters. The Labute approximate surface area is 165 Å². The number of ether oxygens (including phenoxy) is 1. The molecule has 2 aliphatic rings. The van der Waals surface area contributed by atoms with Crippen LogP contribution in [0.3, 0.4) is 0 Å². The topological polar surface area (TPSA) is 93.0 Å². The van der Waals surface area contributed by atoms with Gasteiger partial charge in [-0.3, -0.25) is 9.59 Å². The van der Waals surface area contributed by atoms with Crippen LogP contribution in [0.4, 0.5) is 4.79 Å². The van der Waals surface area contributed by atoms with Gasteiger partial charge in [0.2, 0.25) is 0 Å². The first kappa shape index (κ1) is 17.4. The highest BCUT2D eigenvalue weighted by Gasteiger charge is 2.41. The van der Waals surface area contributed by atoms with Crippen LogP contribution in [-0.2, 0) is 9.53 Å². The van der Waals surface area contributed by atoms with Gasteiger partial charge in [-0.25, -0.2) is 9.69 Å². The number of carbonyl (C=O) groups excluding carboxylic acids is 3. The van der Waals surface area contributed by atoms with Crippen molar-refractivity contribution in [3.05, 3.63) is 54.1 Å². The predicted molar refractivity (Wildman–Crippen MR) is 102 cm³/mol. The van der Waals surface area contributed by atoms with Crippen molar-refractivity contribution in [3.8, 4) is 11.3 Å². The van der Waals surface area contributed by atoms with Crippen LogP contribution in [0, 0.1) is 0 Å². The largest absolute Gasteiger partial charge is 0.439 e. The van der Waals surface area contributed by atoms with Crippen molar-refractivity contribution in [2.45, 2.75) is 12.5 Å². The number of hydrogen-bond donors (Lipinski definition) is 0. The van der Waals surface area contributed by atoms with E-state index in [1.165, 1.54) is 0 Å². The van der Waals surface area contributed by atoms with Gasteiger partial charge in [0.1, 0.15) is 5.52 Å². The van der Waals surface area contributed by atoms with Crippen LogP contribution in [0.2, 0.25) is 0 Å². The summed E-state index contributed by atoms with van der Waals surface area (Å²) < 4.78 is 10.3. The quantitative estimate of drug-likeness (QED) is 0.682. The Balaban J connectivity index is 1.40. The van der Waals surface area contributed by atoms with Crippen molar-refractivity contribution in [1.29, 1.82) is 0 Å². The Bertz CT molecular complexity index is 1110. The summed E-state index contributed by atoms with van der Waals surface area (Å²) in [5, 5.41) is 4.84. The molecule has 1 aromatic heterocycles. The van der Waals surface area contributed by atoms with Crippen LogP contribution in [0.5, 0.6) is 0 Å². The van der Waals surface area contributed by atoms with Gasteiger partial charge in [-0.2, -0.15) is 0 Å². The lowest BCUT2D eigenvalue weighted by Crippen LogP contribution is -2.42. The standard InChI is InChI=1S/C21H17N3O5/c25-18-12-28-21(27)24(18)15-8-9-23(11-15)20(26)14-6-7-17-16(10-14)19(29-22-17)13-4-2-1-3-5-13/h1-7,10,15H,8-9,11-12H2/t15-/m0/s1. The first-order valence-corrected chi connectivity index (χ1v) is 9.35. The summed E-state index contributed by atoms with van der Waals surface area (Å²) in [5.41, 5.74) is 2.06. The van der Waals surface area contributed by atoms with Crippen LogP contribution in [-0.4, -0.2) is 58.6 Å². The fraction of sp³-hybridized carbons (Fsp3) is 0.238. The Morgan fingerprint density at radius 3 is 2.69 bits per heavy atom. The van der Waals surface area contributed by atoms with E-state index in [-0.39, 0.29) is 24.5 Å². The molecule has 2 aliphatic heterocycles. The third-order valence-electron chi connectivity index (χ3n) is 5.36. The molecule has 1 atom stereocenters. The molecule has 0 aliphatic carbocycles. The number of fused-ring (bicyclic) bond motifs is 1. The van der Waals surface area contributed by atoms with Crippen molar-refractivity contribution in [3.63, 3.8) is 0 Å². The third-order valence-corrected chi connectivity index (χ3v) is 5.36. The highest BCUT2D eigenvalue weighted by Crippen LogP contribution is 2.30. The van der Waals surface area contributed by atoms with Crippen LogP contribution < -0.4 is 0 Å². The zero-order valence-corrected chi connectivity index (χ0v) is 15.4. The molecule has 0 bridgehead atoms. The van der Waals surface area contributed by atoms with Gasteiger partial charge in [-0.15, -0.1) is 0 Å². The van der Waals surface area contributed by atoms with Gasteiger partial charge in [0.15, 0.2) is 12.4 Å². The van der Waals surface area contributed by atoms with Crippen molar-refractivity contribution in [1.82, 2.24) is 15.0 Å². The molecule has 2 aromatic carbocycles. The molecule has 3 heterocycles. The number of nitrogens with zero attached hydrogens (tertiary/aromatic N) is 3. The Morgan fingerprint density at radius 2 is 1.93 bits per heavy atom. The maximum absolute atomic E-state index is 13.0. The van der Waals surface area contributed by atoms with Gasteiger partial charge in [-0.05, 0) is 24.6 Å². The molecule has 29 heavy (non-hydrogen) atoms. The highest BCUT2D eigenvalue weighted by molar-refractivity contribution is 6.01. The molecule has 146 valence electrons. The van der Waals surface area contributed by atoms with Crippen LogP contribution >= 0.6 is 0 Å². The zero-order valence-electron chi connectivity index (χ0n) is 15.4. The van der Waals surface area contributed by atoms with E-state index >= 15 is 0 Å². The summed E-state index contributed by atoms with van der Waals surface area (Å²) in [6.45, 7) is 0.538. The number of imide groups is 1. The number of likely N-dealkylation sites (tertiary alicyclic amines) is 1. The average molecular weight is 391 g/mol. The van der Waals surface area contributed by atoms with Gasteiger partial charge < -0.3 is 14.2 Å². The molecule has 0 N–H and O–H groups in total. The molecule has 2 fully saturated rings. The summed E-state index contributed by atoms with van der Waals surface area (Å²) in [6, 6.07) is 14.5. The van der Waals surface area contributed by atoms with Gasteiger partial charge >= 0.3 is 6.09 Å². The van der Waals surface area contributed by atoms with Crippen molar-refractivity contribution in [2.24, 2.45) is 0 Å². The lowest BCUT2D eigenvalue weighted by molar-refractivity contribution is -0.127. The number of benzene rings is 2. The van der Waals surface area contributed by atoms with Crippen LogP contribution in [0.25, 0.3) is 22.2 Å². The smallest absolute Gasteiger partial charge is 0.417 e. The summed E-state index contributed by atoms with van der Waals surface area (Å²) in [4.78, 5) is 39.5. The number of amides is 3. The summed E-state index contributed by atoms with van der Waals surface area (Å²) in [7, 11) is 0. The Hall–Kier alpha value is -3.68. The van der Waals surface area contributed by atoms with E-state index < -0.39 is 6.09 Å². The second-order valence-electron chi connectivity index (χ2n) is 7.12. The van der Waals surface area contributed by atoms with Crippen molar-refractivity contribution < 1.29 is 23.6 Å².